The molecule has 3 aromatic carbocycles. The second-order valence-electron chi connectivity index (χ2n) is 17.8. The highest BCUT2D eigenvalue weighted by molar-refractivity contribution is 5.68. The number of benzene rings is 3. The summed E-state index contributed by atoms with van der Waals surface area (Å²) in [5.41, 5.74) is 3.63. The largest absolute Gasteiger partial charge is 0.457 e. The van der Waals surface area contributed by atoms with E-state index in [0.29, 0.717) is 48.4 Å². The van der Waals surface area contributed by atoms with E-state index in [9.17, 15) is 0 Å². The van der Waals surface area contributed by atoms with Gasteiger partial charge in [0.1, 0.15) is 35.2 Å². The van der Waals surface area contributed by atoms with E-state index < -0.39 is 11.6 Å². The third-order valence-corrected chi connectivity index (χ3v) is 14.6. The zero-order valence-corrected chi connectivity index (χ0v) is 30.9. The van der Waals surface area contributed by atoms with Crippen LogP contribution in [0.2, 0.25) is 0 Å². The fourth-order valence-corrected chi connectivity index (χ4v) is 12.2. The van der Waals surface area contributed by atoms with Gasteiger partial charge in [0, 0.05) is 23.7 Å². The maximum Gasteiger partial charge on any atom is 0.207 e. The molecule has 2 unspecified atom stereocenters. The van der Waals surface area contributed by atoms with E-state index in [0.717, 1.165) is 57.4 Å². The second-order valence-corrected chi connectivity index (χ2v) is 17.8. The molecule has 282 valence electrons. The Hall–Kier alpha value is -3.50. The van der Waals surface area contributed by atoms with Crippen molar-refractivity contribution >= 4 is 11.1 Å². The molecule has 2 aliphatic heterocycles. The molecule has 8 heteroatoms. The molecule has 3 aromatic rings. The molecule has 10 fully saturated rings. The van der Waals surface area contributed by atoms with Crippen LogP contribution in [0.1, 0.15) is 75.3 Å². The topological polar surface area (TPSA) is 73.8 Å². The average Bonchev–Trinajstić information content (AvgIpc) is 3.20. The monoisotopic (exact) mass is 730 g/mol. The molecule has 8 nitrogen and oxygen atoms in total. The maximum atomic E-state index is 6.56. The highest BCUT2D eigenvalue weighted by Crippen LogP contribution is 2.62. The molecule has 8 bridgehead atoms. The van der Waals surface area contributed by atoms with Crippen molar-refractivity contribution in [2.45, 2.75) is 88.0 Å². The lowest BCUT2D eigenvalue weighted by atomic mass is 9.53. The molecule has 0 N–H and O–H groups in total. The van der Waals surface area contributed by atoms with Gasteiger partial charge in [0.05, 0.1) is 13.2 Å². The number of hydrogen-bond donors (Lipinski definition) is 0. The molecular weight excluding hydrogens is 680 g/mol. The van der Waals surface area contributed by atoms with Gasteiger partial charge < -0.3 is 18.9 Å². The summed E-state index contributed by atoms with van der Waals surface area (Å²) in [7, 11) is 0. The first-order valence-electron chi connectivity index (χ1n) is 20.4. The summed E-state index contributed by atoms with van der Waals surface area (Å²) in [5.74, 6) is 6.94. The Morgan fingerprint density at radius 1 is 0.444 bits per heavy atom. The molecule has 8 aliphatic carbocycles. The summed E-state index contributed by atoms with van der Waals surface area (Å²) < 4.78 is 25.4. The van der Waals surface area contributed by atoms with Crippen molar-refractivity contribution in [1.82, 2.24) is 0 Å². The molecule has 54 heavy (non-hydrogen) atoms. The SMILES string of the molecule is C=C(c1ccc(Oc2ccc(Oc3ccc(C(=C)C4COC5(OO4)C4CC6CC(C4)CC5C6)cc3)cc2)cc1)C1COC2(OO1)C1CC3CC(C1)CC2C3. The molecule has 8 saturated carbocycles. The Morgan fingerprint density at radius 3 is 1.02 bits per heavy atom. The molecule has 0 amide bonds. The average molecular weight is 731 g/mol. The van der Waals surface area contributed by atoms with Crippen molar-refractivity contribution in [1.29, 1.82) is 0 Å². The fraction of sp³-hybridized carbons (Fsp3) is 0.522. The number of rotatable bonds is 8. The Kier molecular flexibility index (Phi) is 8.16. The zero-order chi connectivity index (χ0) is 36.0. The molecule has 2 heterocycles. The van der Waals surface area contributed by atoms with Crippen LogP contribution >= 0.6 is 0 Å². The van der Waals surface area contributed by atoms with Crippen LogP contribution in [0.3, 0.4) is 0 Å². The minimum absolute atomic E-state index is 0.337. The number of ether oxygens (including phenoxy) is 4. The Labute approximate surface area is 317 Å². The first-order valence-corrected chi connectivity index (χ1v) is 20.4. The summed E-state index contributed by atoms with van der Waals surface area (Å²) in [4.78, 5) is 24.4. The van der Waals surface area contributed by atoms with Gasteiger partial charge in [-0.1, -0.05) is 37.4 Å². The minimum atomic E-state index is -0.558. The van der Waals surface area contributed by atoms with Crippen molar-refractivity contribution in [3.05, 3.63) is 97.1 Å². The molecular formula is C46H50O8. The van der Waals surface area contributed by atoms with E-state index in [1.54, 1.807) is 0 Å². The van der Waals surface area contributed by atoms with Crippen LogP contribution in [0.25, 0.3) is 11.1 Å². The highest BCUT2D eigenvalue weighted by Gasteiger charge is 2.63. The first kappa shape index (κ1) is 33.8. The number of hydrogen-bond acceptors (Lipinski definition) is 8. The van der Waals surface area contributed by atoms with Crippen LogP contribution in [-0.4, -0.2) is 37.0 Å². The highest BCUT2D eigenvalue weighted by atomic mass is 17.2. The summed E-state index contributed by atoms with van der Waals surface area (Å²) in [6.45, 7) is 9.60. The fourth-order valence-electron chi connectivity index (χ4n) is 12.2. The summed E-state index contributed by atoms with van der Waals surface area (Å²) in [5, 5.41) is 0. The lowest BCUT2D eigenvalue weighted by Crippen LogP contribution is -2.63. The van der Waals surface area contributed by atoms with E-state index in [4.69, 9.17) is 38.5 Å². The summed E-state index contributed by atoms with van der Waals surface area (Å²) in [6.07, 6.45) is 11.7. The minimum Gasteiger partial charge on any atom is -0.457 e. The van der Waals surface area contributed by atoms with Crippen LogP contribution in [-0.2, 0) is 29.0 Å². The third kappa shape index (κ3) is 5.70. The van der Waals surface area contributed by atoms with Gasteiger partial charge >= 0.3 is 0 Å². The van der Waals surface area contributed by atoms with Crippen molar-refractivity contribution in [3.8, 4) is 23.0 Å². The smallest absolute Gasteiger partial charge is 0.207 e. The molecule has 10 aliphatic rings. The van der Waals surface area contributed by atoms with Crippen LogP contribution in [0.5, 0.6) is 23.0 Å². The third-order valence-electron chi connectivity index (χ3n) is 14.6. The lowest BCUT2D eigenvalue weighted by Gasteiger charge is -2.60. The van der Waals surface area contributed by atoms with Gasteiger partial charge in [-0.2, -0.15) is 9.78 Å². The van der Waals surface area contributed by atoms with Gasteiger partial charge in [0.25, 0.3) is 0 Å². The van der Waals surface area contributed by atoms with Gasteiger partial charge in [-0.25, -0.2) is 9.78 Å². The molecule has 2 atom stereocenters. The van der Waals surface area contributed by atoms with Crippen molar-refractivity contribution in [2.24, 2.45) is 47.3 Å². The predicted molar refractivity (Wildman–Crippen MR) is 201 cm³/mol. The summed E-state index contributed by atoms with van der Waals surface area (Å²) >= 11 is 0. The second kappa shape index (κ2) is 13.0. The Bertz CT molecular complexity index is 1690. The van der Waals surface area contributed by atoms with Crippen LogP contribution in [0.4, 0.5) is 0 Å². The molecule has 0 radical (unpaired) electrons. The molecule has 2 saturated heterocycles. The van der Waals surface area contributed by atoms with Crippen molar-refractivity contribution < 1.29 is 38.5 Å². The van der Waals surface area contributed by atoms with Crippen LogP contribution < -0.4 is 9.47 Å². The van der Waals surface area contributed by atoms with Gasteiger partial charge in [-0.05, 0) is 159 Å². The zero-order valence-electron chi connectivity index (χ0n) is 30.9. The first-order chi connectivity index (χ1) is 26.4. The standard InChI is InChI=1S/C46H50O8/c1-27(43-25-47-45(53-51-43)35-17-29-15-30(19-35)20-36(45)18-29)33-3-7-39(8-4-33)49-41-11-13-42(14-12-41)50-40-9-5-34(6-10-40)28(2)44-26-48-46(54-52-44)37-21-31-16-32(23-37)24-38(46)22-31/h3-14,29-32,35-38,43-44H,1-2,15-26H2. The lowest BCUT2D eigenvalue weighted by molar-refractivity contribution is -0.517. The Morgan fingerprint density at radius 2 is 0.741 bits per heavy atom. The van der Waals surface area contributed by atoms with Crippen LogP contribution in [0.15, 0.2) is 86.0 Å². The van der Waals surface area contributed by atoms with Gasteiger partial charge in [-0.15, -0.1) is 0 Å². The van der Waals surface area contributed by atoms with Crippen LogP contribution in [0, 0.1) is 47.3 Å². The molecule has 13 rings (SSSR count). The van der Waals surface area contributed by atoms with E-state index >= 15 is 0 Å². The van der Waals surface area contributed by atoms with Crippen molar-refractivity contribution in [2.75, 3.05) is 13.2 Å². The molecule has 2 spiro atoms. The normalized spacial score (nSPS) is 39.9. The van der Waals surface area contributed by atoms with E-state index in [1.807, 2.05) is 72.8 Å². The van der Waals surface area contributed by atoms with Gasteiger partial charge in [-0.3, -0.25) is 0 Å². The quantitative estimate of drug-likeness (QED) is 0.212. The van der Waals surface area contributed by atoms with Gasteiger partial charge in [0.2, 0.25) is 11.6 Å². The predicted octanol–water partition coefficient (Wildman–Crippen LogP) is 10.3. The van der Waals surface area contributed by atoms with E-state index in [-0.39, 0.29) is 12.2 Å². The van der Waals surface area contributed by atoms with Gasteiger partial charge in [0.15, 0.2) is 0 Å². The van der Waals surface area contributed by atoms with E-state index in [2.05, 4.69) is 13.2 Å². The maximum absolute atomic E-state index is 6.56. The Balaban J connectivity index is 0.659. The van der Waals surface area contributed by atoms with Crippen molar-refractivity contribution in [3.63, 3.8) is 0 Å². The van der Waals surface area contributed by atoms with E-state index in [1.165, 1.54) is 64.2 Å². The summed E-state index contributed by atoms with van der Waals surface area (Å²) in [6, 6.07) is 23.4. The molecule has 0 aromatic heterocycles.